The van der Waals surface area contributed by atoms with E-state index < -0.39 is 0 Å². The zero-order valence-electron chi connectivity index (χ0n) is 10.7. The maximum Gasteiger partial charge on any atom is 0.274 e. The van der Waals surface area contributed by atoms with Crippen molar-refractivity contribution >= 4 is 35.4 Å². The summed E-state index contributed by atoms with van der Waals surface area (Å²) in [6.45, 7) is 2.01. The Hall–Kier alpha value is -1.98. The Balaban J connectivity index is 2.43. The summed E-state index contributed by atoms with van der Waals surface area (Å²) >= 11 is 10.7. The number of rotatable bonds is 1. The Morgan fingerprint density at radius 1 is 1.05 bits per heavy atom. The summed E-state index contributed by atoms with van der Waals surface area (Å²) in [7, 11) is 0. The third kappa shape index (κ3) is 2.05. The molecule has 1 N–H and O–H groups in total. The Labute approximate surface area is 125 Å². The van der Waals surface area contributed by atoms with Gasteiger partial charge in [0.15, 0.2) is 0 Å². The maximum atomic E-state index is 9.98. The van der Waals surface area contributed by atoms with Crippen molar-refractivity contribution in [1.29, 1.82) is 0 Å². The molecule has 100 valence electrons. The molecule has 0 spiro atoms. The van der Waals surface area contributed by atoms with Crippen LogP contribution in [0.2, 0.25) is 0 Å². The summed E-state index contributed by atoms with van der Waals surface area (Å²) < 4.78 is 7.68. The molecule has 0 saturated heterocycles. The average Bonchev–Trinajstić information content (AvgIpc) is 2.40. The van der Waals surface area contributed by atoms with Gasteiger partial charge in [-0.1, -0.05) is 36.0 Å². The fourth-order valence-corrected chi connectivity index (χ4v) is 2.81. The lowest BCUT2D eigenvalue weighted by molar-refractivity contribution is 0.476. The van der Waals surface area contributed by atoms with Crippen molar-refractivity contribution in [3.8, 4) is 11.4 Å². The second-order valence-corrected chi connectivity index (χ2v) is 5.23. The quantitative estimate of drug-likeness (QED) is 0.661. The predicted octanol–water partition coefficient (Wildman–Crippen LogP) is 4.70. The van der Waals surface area contributed by atoms with Crippen molar-refractivity contribution in [2.75, 3.05) is 0 Å². The highest BCUT2D eigenvalue weighted by molar-refractivity contribution is 7.72. The molecule has 3 aromatic rings. The van der Waals surface area contributed by atoms with Gasteiger partial charge in [0.05, 0.1) is 11.1 Å². The normalized spacial score (nSPS) is 10.8. The van der Waals surface area contributed by atoms with E-state index in [0.29, 0.717) is 15.6 Å². The van der Waals surface area contributed by atoms with Crippen molar-refractivity contribution < 1.29 is 9.52 Å². The van der Waals surface area contributed by atoms with Crippen LogP contribution in [0.4, 0.5) is 0 Å². The molecule has 0 unspecified atom stereocenters. The van der Waals surface area contributed by atoms with Crippen LogP contribution in [0.5, 0.6) is 5.75 Å². The molecule has 5 heteroatoms. The molecule has 0 fully saturated rings. The number of phenolic OH excluding ortho intramolecular Hbond substituents is 1. The summed E-state index contributed by atoms with van der Waals surface area (Å²) in [5, 5.41) is 10.5. The zero-order chi connectivity index (χ0) is 14.3. The molecule has 0 bridgehead atoms. The number of aromatic nitrogens is 1. The number of nitrogens with zero attached hydrogens (tertiary/aromatic N) is 1. The van der Waals surface area contributed by atoms with Crippen LogP contribution >= 0.6 is 24.4 Å². The summed E-state index contributed by atoms with van der Waals surface area (Å²) in [6, 6.07) is 12.8. The number of benzene rings is 2. The van der Waals surface area contributed by atoms with E-state index in [0.717, 1.165) is 11.3 Å². The van der Waals surface area contributed by atoms with Gasteiger partial charge in [0.25, 0.3) is 4.84 Å². The van der Waals surface area contributed by atoms with Gasteiger partial charge in [0, 0.05) is 0 Å². The number of phenols is 1. The zero-order valence-corrected chi connectivity index (χ0v) is 12.3. The van der Waals surface area contributed by atoms with Gasteiger partial charge in [-0.3, -0.25) is 4.57 Å². The van der Waals surface area contributed by atoms with Gasteiger partial charge >= 0.3 is 0 Å². The molecule has 0 amide bonds. The standard InChI is InChI=1S/C15H11NO2S2/c1-9-5-7-10(8-6-9)16-14(19)13-11(17)3-2-4-12(13)18-15(16)20/h2-8,17H,1H3. The fourth-order valence-electron chi connectivity index (χ4n) is 2.07. The number of fused-ring (bicyclic) bond motifs is 1. The number of hydrogen-bond donors (Lipinski definition) is 1. The second-order valence-electron chi connectivity index (χ2n) is 4.49. The molecular formula is C15H11NO2S2. The van der Waals surface area contributed by atoms with Crippen LogP contribution in [0.3, 0.4) is 0 Å². The first-order chi connectivity index (χ1) is 9.58. The Morgan fingerprint density at radius 3 is 2.45 bits per heavy atom. The Morgan fingerprint density at radius 2 is 1.75 bits per heavy atom. The monoisotopic (exact) mass is 301 g/mol. The van der Waals surface area contributed by atoms with Crippen LogP contribution in [0.1, 0.15) is 5.56 Å². The molecule has 1 heterocycles. The summed E-state index contributed by atoms with van der Waals surface area (Å²) in [4.78, 5) is 0.261. The topological polar surface area (TPSA) is 38.3 Å². The highest BCUT2D eigenvalue weighted by Crippen LogP contribution is 2.27. The third-order valence-electron chi connectivity index (χ3n) is 3.09. The van der Waals surface area contributed by atoms with Crippen LogP contribution in [-0.2, 0) is 0 Å². The van der Waals surface area contributed by atoms with E-state index in [1.165, 1.54) is 0 Å². The molecule has 0 aliphatic carbocycles. The molecule has 2 aromatic carbocycles. The highest BCUT2D eigenvalue weighted by Gasteiger charge is 2.09. The van der Waals surface area contributed by atoms with Gasteiger partial charge in [-0.25, -0.2) is 0 Å². The molecule has 1 aromatic heterocycles. The molecule has 0 aliphatic rings. The molecule has 0 aliphatic heterocycles. The van der Waals surface area contributed by atoms with E-state index in [4.69, 9.17) is 28.9 Å². The Bertz CT molecular complexity index is 908. The summed E-state index contributed by atoms with van der Waals surface area (Å²) in [6.07, 6.45) is 0. The lowest BCUT2D eigenvalue weighted by Gasteiger charge is -2.09. The van der Waals surface area contributed by atoms with Crippen molar-refractivity contribution in [1.82, 2.24) is 4.57 Å². The largest absolute Gasteiger partial charge is 0.507 e. The first kappa shape index (κ1) is 13.0. The van der Waals surface area contributed by atoms with Crippen molar-refractivity contribution in [2.24, 2.45) is 0 Å². The molecule has 3 nitrogen and oxygen atoms in total. The van der Waals surface area contributed by atoms with Gasteiger partial charge in [-0.05, 0) is 43.4 Å². The van der Waals surface area contributed by atoms with Crippen molar-refractivity contribution in [3.05, 3.63) is 57.5 Å². The van der Waals surface area contributed by atoms with Gasteiger partial charge in [-0.2, -0.15) is 0 Å². The minimum Gasteiger partial charge on any atom is -0.507 e. The number of hydrogen-bond acceptors (Lipinski definition) is 4. The summed E-state index contributed by atoms with van der Waals surface area (Å²) in [5.74, 6) is 0.0899. The fraction of sp³-hybridized carbons (Fsp3) is 0.0667. The van der Waals surface area contributed by atoms with Crippen LogP contribution in [0.15, 0.2) is 46.9 Å². The van der Waals surface area contributed by atoms with Crippen LogP contribution in [0, 0.1) is 16.4 Å². The van der Waals surface area contributed by atoms with E-state index in [9.17, 15) is 5.11 Å². The lowest BCUT2D eigenvalue weighted by atomic mass is 10.2. The second kappa shape index (κ2) is 4.85. The molecule has 0 atom stereocenters. The van der Waals surface area contributed by atoms with E-state index in [2.05, 4.69) is 0 Å². The average molecular weight is 301 g/mol. The third-order valence-corrected chi connectivity index (χ3v) is 3.75. The maximum absolute atomic E-state index is 9.98. The van der Waals surface area contributed by atoms with Gasteiger partial charge in [-0.15, -0.1) is 0 Å². The number of aromatic hydroxyl groups is 1. The van der Waals surface area contributed by atoms with E-state index in [1.54, 1.807) is 22.8 Å². The van der Waals surface area contributed by atoms with Gasteiger partial charge in [0.1, 0.15) is 16.0 Å². The van der Waals surface area contributed by atoms with Gasteiger partial charge < -0.3 is 9.52 Å². The predicted molar refractivity (Wildman–Crippen MR) is 83.6 cm³/mol. The van der Waals surface area contributed by atoms with E-state index >= 15 is 0 Å². The number of aryl methyl sites for hydroxylation is 1. The Kier molecular flexibility index (Phi) is 3.16. The lowest BCUT2D eigenvalue weighted by Crippen LogP contribution is -1.99. The van der Waals surface area contributed by atoms with E-state index in [1.807, 2.05) is 31.2 Å². The molecule has 3 rings (SSSR count). The van der Waals surface area contributed by atoms with Crippen LogP contribution in [-0.4, -0.2) is 9.67 Å². The SMILES string of the molecule is Cc1ccc(-n2c(=S)oc3cccc(O)c3c2=S)cc1. The van der Waals surface area contributed by atoms with Gasteiger partial charge in [0.2, 0.25) is 0 Å². The molecule has 20 heavy (non-hydrogen) atoms. The first-order valence-corrected chi connectivity index (χ1v) is 6.84. The van der Waals surface area contributed by atoms with Crippen LogP contribution in [0.25, 0.3) is 16.7 Å². The summed E-state index contributed by atoms with van der Waals surface area (Å²) in [5.41, 5.74) is 2.45. The first-order valence-electron chi connectivity index (χ1n) is 6.03. The van der Waals surface area contributed by atoms with Crippen molar-refractivity contribution in [2.45, 2.75) is 6.92 Å². The van der Waals surface area contributed by atoms with E-state index in [-0.39, 0.29) is 10.6 Å². The molecule has 0 radical (unpaired) electrons. The highest BCUT2D eigenvalue weighted by atomic mass is 32.1. The van der Waals surface area contributed by atoms with Crippen molar-refractivity contribution in [3.63, 3.8) is 0 Å². The molecule has 0 saturated carbocycles. The minimum absolute atomic E-state index is 0.0899. The smallest absolute Gasteiger partial charge is 0.274 e. The minimum atomic E-state index is 0.0899. The molecular weight excluding hydrogens is 290 g/mol. The van der Waals surface area contributed by atoms with Crippen LogP contribution < -0.4 is 0 Å².